The lowest BCUT2D eigenvalue weighted by molar-refractivity contribution is 0.177. The maximum atomic E-state index is 6.84. The van der Waals surface area contributed by atoms with Crippen molar-refractivity contribution >= 4 is 0 Å². The molecule has 0 saturated heterocycles. The van der Waals surface area contributed by atoms with Gasteiger partial charge < -0.3 is 20.9 Å². The molecule has 4 heteroatoms. The molecule has 0 radical (unpaired) electrons. The van der Waals surface area contributed by atoms with Crippen LogP contribution in [0.4, 0.5) is 0 Å². The monoisotopic (exact) mass is 314 g/mol. The van der Waals surface area contributed by atoms with Crippen molar-refractivity contribution in [1.82, 2.24) is 0 Å². The molecule has 0 spiro atoms. The second-order valence-corrected chi connectivity index (χ2v) is 6.15. The van der Waals surface area contributed by atoms with Crippen molar-refractivity contribution in [2.75, 3.05) is 14.2 Å². The Morgan fingerprint density at radius 2 is 1.83 bits per heavy atom. The first-order valence-electron chi connectivity index (χ1n) is 7.80. The summed E-state index contributed by atoms with van der Waals surface area (Å²) in [5.74, 6) is 1.00. The minimum absolute atomic E-state index is 0.0749. The van der Waals surface area contributed by atoms with Gasteiger partial charge in [-0.25, -0.2) is 0 Å². The van der Waals surface area contributed by atoms with Crippen LogP contribution < -0.4 is 16.2 Å². The average Bonchev–Trinajstić information content (AvgIpc) is 2.60. The molecule has 23 heavy (non-hydrogen) atoms. The van der Waals surface area contributed by atoms with E-state index in [1.807, 2.05) is 42.5 Å². The van der Waals surface area contributed by atoms with E-state index in [4.69, 9.17) is 20.9 Å². The second kappa shape index (κ2) is 7.16. The fourth-order valence-electron chi connectivity index (χ4n) is 2.79. The van der Waals surface area contributed by atoms with E-state index < -0.39 is 5.54 Å². The van der Waals surface area contributed by atoms with Crippen molar-refractivity contribution in [1.29, 1.82) is 0 Å². The number of rotatable bonds is 6. The van der Waals surface area contributed by atoms with Crippen molar-refractivity contribution in [3.05, 3.63) is 59.4 Å². The van der Waals surface area contributed by atoms with Gasteiger partial charge in [0, 0.05) is 18.7 Å². The molecule has 4 N–H and O–H groups in total. The lowest BCUT2D eigenvalue weighted by Gasteiger charge is -2.39. The Morgan fingerprint density at radius 1 is 1.17 bits per heavy atom. The Morgan fingerprint density at radius 3 is 2.26 bits per heavy atom. The van der Waals surface area contributed by atoms with Gasteiger partial charge in [-0.2, -0.15) is 0 Å². The Balaban J connectivity index is 2.53. The number of ether oxygens (including phenoxy) is 2. The fourth-order valence-corrected chi connectivity index (χ4v) is 2.79. The topological polar surface area (TPSA) is 70.5 Å². The molecule has 0 amide bonds. The lowest BCUT2D eigenvalue weighted by Crippen LogP contribution is -2.56. The van der Waals surface area contributed by atoms with Crippen LogP contribution in [-0.4, -0.2) is 26.4 Å². The fraction of sp³-hybridized carbons (Fsp3) is 0.421. The van der Waals surface area contributed by atoms with Gasteiger partial charge >= 0.3 is 0 Å². The third-order valence-electron chi connectivity index (χ3n) is 4.39. The van der Waals surface area contributed by atoms with Crippen molar-refractivity contribution in [3.8, 4) is 5.75 Å². The summed E-state index contributed by atoms with van der Waals surface area (Å²) in [7, 11) is 3.31. The van der Waals surface area contributed by atoms with E-state index in [0.717, 1.165) is 16.9 Å². The number of benzene rings is 1. The van der Waals surface area contributed by atoms with Crippen LogP contribution in [0.2, 0.25) is 0 Å². The van der Waals surface area contributed by atoms with E-state index in [-0.39, 0.29) is 18.1 Å². The third-order valence-corrected chi connectivity index (χ3v) is 4.39. The van der Waals surface area contributed by atoms with Crippen molar-refractivity contribution in [2.45, 2.75) is 31.5 Å². The van der Waals surface area contributed by atoms with Gasteiger partial charge in [0.1, 0.15) is 11.9 Å². The summed E-state index contributed by atoms with van der Waals surface area (Å²) in [6, 6.07) is 7.48. The van der Waals surface area contributed by atoms with E-state index in [9.17, 15) is 0 Å². The molecule has 1 aromatic carbocycles. The second-order valence-electron chi connectivity index (χ2n) is 6.15. The molecule has 2 rings (SSSR count). The highest BCUT2D eigenvalue weighted by molar-refractivity contribution is 5.46. The molecule has 1 aliphatic carbocycles. The van der Waals surface area contributed by atoms with E-state index in [2.05, 4.69) is 19.6 Å². The minimum Gasteiger partial charge on any atom is -0.497 e. The predicted molar refractivity (Wildman–Crippen MR) is 93.2 cm³/mol. The zero-order valence-electron chi connectivity index (χ0n) is 14.2. The standard InChI is InChI=1S/C19H26N2O2/c1-13(2)18(20)19(21,14-5-9-16(22-3)10-6-14)15-7-11-17(23-4)12-8-15/h5-7,9-13,17-18H,20-21H2,1-4H3/t17?,18-,19?/m1/s1. The molecule has 0 fully saturated rings. The summed E-state index contributed by atoms with van der Waals surface area (Å²) in [5, 5.41) is 0. The van der Waals surface area contributed by atoms with Gasteiger partial charge in [0.25, 0.3) is 0 Å². The largest absolute Gasteiger partial charge is 0.497 e. The molecule has 0 heterocycles. The number of methoxy groups -OCH3 is 2. The summed E-state index contributed by atoms with van der Waals surface area (Å²) >= 11 is 0. The zero-order chi connectivity index (χ0) is 17.0. The number of nitrogens with two attached hydrogens (primary N) is 2. The normalized spacial score (nSPS) is 21.0. The maximum Gasteiger partial charge on any atom is 0.118 e. The van der Waals surface area contributed by atoms with Gasteiger partial charge in [0.05, 0.1) is 12.6 Å². The van der Waals surface area contributed by atoms with Crippen molar-refractivity contribution < 1.29 is 9.47 Å². The van der Waals surface area contributed by atoms with Gasteiger partial charge in [0.15, 0.2) is 0 Å². The van der Waals surface area contributed by atoms with E-state index in [1.54, 1.807) is 14.2 Å². The summed E-state index contributed by atoms with van der Waals surface area (Å²) in [6.45, 7) is 4.15. The smallest absolute Gasteiger partial charge is 0.118 e. The predicted octanol–water partition coefficient (Wildman–Crippen LogP) is 2.50. The van der Waals surface area contributed by atoms with Crippen LogP contribution in [0.1, 0.15) is 19.4 Å². The zero-order valence-corrected chi connectivity index (χ0v) is 14.2. The molecule has 0 saturated carbocycles. The molecule has 1 aromatic rings. The van der Waals surface area contributed by atoms with Crippen LogP contribution in [0.15, 0.2) is 53.8 Å². The SMILES string of the molecule is COc1ccc(C(N)(C2=C=CC(OC)C=C2)[C@H](N)C(C)C)cc1. The van der Waals surface area contributed by atoms with Crippen LogP contribution in [0.5, 0.6) is 5.75 Å². The van der Waals surface area contributed by atoms with E-state index in [1.165, 1.54) is 0 Å². The van der Waals surface area contributed by atoms with Crippen LogP contribution in [0.25, 0.3) is 0 Å². The first-order chi connectivity index (χ1) is 10.9. The highest BCUT2D eigenvalue weighted by Crippen LogP contribution is 2.35. The number of hydrogen-bond acceptors (Lipinski definition) is 4. The summed E-state index contributed by atoms with van der Waals surface area (Å²) in [6.07, 6.45) is 5.71. The first kappa shape index (κ1) is 17.5. The Bertz CT molecular complexity index is 627. The molecular weight excluding hydrogens is 288 g/mol. The highest BCUT2D eigenvalue weighted by atomic mass is 16.5. The first-order valence-corrected chi connectivity index (χ1v) is 7.80. The Labute approximate surface area is 138 Å². The quantitative estimate of drug-likeness (QED) is 0.792. The van der Waals surface area contributed by atoms with E-state index in [0.29, 0.717) is 0 Å². The highest BCUT2D eigenvalue weighted by Gasteiger charge is 2.39. The van der Waals surface area contributed by atoms with Gasteiger partial charge in [-0.1, -0.05) is 38.1 Å². The van der Waals surface area contributed by atoms with Crippen molar-refractivity contribution in [3.63, 3.8) is 0 Å². The van der Waals surface area contributed by atoms with Gasteiger partial charge in [0.2, 0.25) is 0 Å². The van der Waals surface area contributed by atoms with Crippen molar-refractivity contribution in [2.24, 2.45) is 17.4 Å². The average molecular weight is 314 g/mol. The third kappa shape index (κ3) is 3.41. The minimum atomic E-state index is -0.827. The van der Waals surface area contributed by atoms with Crippen LogP contribution in [-0.2, 0) is 10.3 Å². The molecular formula is C19H26N2O2. The molecule has 3 atom stereocenters. The molecule has 1 aliphatic rings. The molecule has 0 aliphatic heterocycles. The van der Waals surface area contributed by atoms with Crippen LogP contribution in [0, 0.1) is 5.92 Å². The summed E-state index contributed by atoms with van der Waals surface area (Å²) in [5.41, 5.74) is 17.6. The number of hydrogen-bond donors (Lipinski definition) is 2. The molecule has 0 aromatic heterocycles. The van der Waals surface area contributed by atoms with Crippen LogP contribution in [0.3, 0.4) is 0 Å². The molecule has 4 nitrogen and oxygen atoms in total. The summed E-state index contributed by atoms with van der Waals surface area (Å²) in [4.78, 5) is 0. The molecule has 124 valence electrons. The van der Waals surface area contributed by atoms with Gasteiger partial charge in [-0.15, -0.1) is 5.73 Å². The Hall–Kier alpha value is -1.84. The van der Waals surface area contributed by atoms with E-state index >= 15 is 0 Å². The molecule has 2 unspecified atom stereocenters. The maximum absolute atomic E-state index is 6.84. The van der Waals surface area contributed by atoms with Gasteiger partial charge in [-0.3, -0.25) is 0 Å². The van der Waals surface area contributed by atoms with Crippen LogP contribution >= 0.6 is 0 Å². The van der Waals surface area contributed by atoms with Gasteiger partial charge in [-0.05, 0) is 29.7 Å². The molecule has 0 bridgehead atoms. The lowest BCUT2D eigenvalue weighted by atomic mass is 9.73. The Kier molecular flexibility index (Phi) is 5.45. The summed E-state index contributed by atoms with van der Waals surface area (Å²) < 4.78 is 10.5.